The molecule has 0 aliphatic heterocycles. The number of rotatable bonds is 5. The van der Waals surface area contributed by atoms with E-state index in [1.54, 1.807) is 7.11 Å². The van der Waals surface area contributed by atoms with Crippen molar-refractivity contribution in [1.29, 1.82) is 0 Å². The van der Waals surface area contributed by atoms with E-state index in [9.17, 15) is 0 Å². The Kier molecular flexibility index (Phi) is 4.59. The zero-order valence-electron chi connectivity index (χ0n) is 8.52. The van der Waals surface area contributed by atoms with Gasteiger partial charge in [0.05, 0.1) is 6.61 Å². The third-order valence-electron chi connectivity index (χ3n) is 2.22. The van der Waals surface area contributed by atoms with Gasteiger partial charge in [-0.1, -0.05) is 30.3 Å². The fraction of sp³-hybridized carbons (Fsp3) is 0.455. The lowest BCUT2D eigenvalue weighted by molar-refractivity contribution is 0.170. The van der Waals surface area contributed by atoms with Gasteiger partial charge >= 0.3 is 0 Å². The molecular formula is C11H18N2O. The summed E-state index contributed by atoms with van der Waals surface area (Å²) in [6.45, 7) is 0.508. The summed E-state index contributed by atoms with van der Waals surface area (Å²) in [6.07, 6.45) is 0.797. The molecule has 0 aromatic heterocycles. The molecule has 0 spiro atoms. The molecule has 2 atom stereocenters. The van der Waals surface area contributed by atoms with Gasteiger partial charge in [-0.15, -0.1) is 0 Å². The van der Waals surface area contributed by atoms with Gasteiger partial charge < -0.3 is 16.2 Å². The van der Waals surface area contributed by atoms with Gasteiger partial charge in [0, 0.05) is 19.2 Å². The minimum Gasteiger partial charge on any atom is -0.383 e. The second-order valence-electron chi connectivity index (χ2n) is 3.47. The van der Waals surface area contributed by atoms with Crippen LogP contribution in [0.3, 0.4) is 0 Å². The second-order valence-corrected chi connectivity index (χ2v) is 3.47. The zero-order valence-corrected chi connectivity index (χ0v) is 8.52. The van der Waals surface area contributed by atoms with Crippen LogP contribution in [0.15, 0.2) is 30.3 Å². The quantitative estimate of drug-likeness (QED) is 0.718. The molecule has 0 amide bonds. The maximum absolute atomic E-state index is 5.93. The van der Waals surface area contributed by atoms with Crippen LogP contribution in [0.5, 0.6) is 0 Å². The lowest BCUT2D eigenvalue weighted by Crippen LogP contribution is -2.45. The van der Waals surface area contributed by atoms with Crippen LogP contribution in [-0.2, 0) is 11.2 Å². The summed E-state index contributed by atoms with van der Waals surface area (Å²) in [6, 6.07) is 9.97. The highest BCUT2D eigenvalue weighted by atomic mass is 16.5. The van der Waals surface area contributed by atoms with Crippen molar-refractivity contribution < 1.29 is 4.74 Å². The average Bonchev–Trinajstić information content (AvgIpc) is 2.19. The van der Waals surface area contributed by atoms with E-state index in [0.29, 0.717) is 6.61 Å². The minimum absolute atomic E-state index is 0.0441. The number of hydrogen-bond acceptors (Lipinski definition) is 3. The van der Waals surface area contributed by atoms with Crippen molar-refractivity contribution in [2.45, 2.75) is 18.5 Å². The summed E-state index contributed by atoms with van der Waals surface area (Å²) in [4.78, 5) is 0. The number of hydrogen-bond donors (Lipinski definition) is 2. The Hall–Kier alpha value is -0.900. The summed E-state index contributed by atoms with van der Waals surface area (Å²) < 4.78 is 4.96. The third kappa shape index (κ3) is 3.46. The first-order valence-corrected chi connectivity index (χ1v) is 4.78. The normalized spacial score (nSPS) is 15.1. The van der Waals surface area contributed by atoms with Crippen molar-refractivity contribution in [3.63, 3.8) is 0 Å². The molecular weight excluding hydrogens is 176 g/mol. The van der Waals surface area contributed by atoms with Gasteiger partial charge in [0.2, 0.25) is 0 Å². The van der Waals surface area contributed by atoms with Crippen LogP contribution in [0.25, 0.3) is 0 Å². The van der Waals surface area contributed by atoms with Crippen LogP contribution in [0.4, 0.5) is 0 Å². The summed E-state index contributed by atoms with van der Waals surface area (Å²) in [5.74, 6) is 0. The lowest BCUT2D eigenvalue weighted by Gasteiger charge is -2.18. The smallest absolute Gasteiger partial charge is 0.0629 e. The van der Waals surface area contributed by atoms with E-state index in [0.717, 1.165) is 6.42 Å². The standard InChI is InChI=1S/C11H18N2O/c1-14-8-11(13)10(12)7-9-5-3-2-4-6-9/h2-6,10-11H,7-8,12-13H2,1H3/t10-,11?/m0/s1. The van der Waals surface area contributed by atoms with Crippen LogP contribution in [-0.4, -0.2) is 25.8 Å². The van der Waals surface area contributed by atoms with E-state index in [2.05, 4.69) is 12.1 Å². The fourth-order valence-corrected chi connectivity index (χ4v) is 1.35. The molecule has 3 nitrogen and oxygen atoms in total. The van der Waals surface area contributed by atoms with Crippen molar-refractivity contribution in [3.05, 3.63) is 35.9 Å². The van der Waals surface area contributed by atoms with Crippen LogP contribution >= 0.6 is 0 Å². The van der Waals surface area contributed by atoms with Crippen LogP contribution in [0, 0.1) is 0 Å². The average molecular weight is 194 g/mol. The van der Waals surface area contributed by atoms with Crippen molar-refractivity contribution in [2.75, 3.05) is 13.7 Å². The molecule has 0 aliphatic rings. The molecule has 1 aromatic rings. The van der Waals surface area contributed by atoms with E-state index in [4.69, 9.17) is 16.2 Å². The highest BCUT2D eigenvalue weighted by molar-refractivity contribution is 5.16. The lowest BCUT2D eigenvalue weighted by atomic mass is 10.0. The van der Waals surface area contributed by atoms with E-state index in [1.807, 2.05) is 18.2 Å². The fourth-order valence-electron chi connectivity index (χ4n) is 1.35. The van der Waals surface area contributed by atoms with Crippen molar-refractivity contribution in [1.82, 2.24) is 0 Å². The number of nitrogens with two attached hydrogens (primary N) is 2. The second kappa shape index (κ2) is 5.75. The maximum atomic E-state index is 5.93. The first-order chi connectivity index (χ1) is 6.74. The van der Waals surface area contributed by atoms with Gasteiger partial charge in [0.15, 0.2) is 0 Å². The van der Waals surface area contributed by atoms with Crippen LogP contribution < -0.4 is 11.5 Å². The van der Waals surface area contributed by atoms with Gasteiger partial charge in [0.1, 0.15) is 0 Å². The largest absolute Gasteiger partial charge is 0.383 e. The first-order valence-electron chi connectivity index (χ1n) is 4.78. The van der Waals surface area contributed by atoms with Crippen LogP contribution in [0.2, 0.25) is 0 Å². The Morgan fingerprint density at radius 2 is 1.79 bits per heavy atom. The highest BCUT2D eigenvalue weighted by Crippen LogP contribution is 2.03. The summed E-state index contributed by atoms with van der Waals surface area (Å²) in [5, 5.41) is 0. The zero-order chi connectivity index (χ0) is 10.4. The molecule has 0 saturated carbocycles. The number of methoxy groups -OCH3 is 1. The SMILES string of the molecule is COCC(N)[C@@H](N)Cc1ccccc1. The van der Waals surface area contributed by atoms with Crippen LogP contribution in [0.1, 0.15) is 5.56 Å². The van der Waals surface area contributed by atoms with E-state index >= 15 is 0 Å². The van der Waals surface area contributed by atoms with Gasteiger partial charge in [-0.2, -0.15) is 0 Å². The minimum atomic E-state index is -0.0970. The predicted octanol–water partition coefficient (Wildman–Crippen LogP) is 0.530. The molecule has 0 fully saturated rings. The molecule has 0 saturated heterocycles. The molecule has 0 heterocycles. The molecule has 0 bridgehead atoms. The van der Waals surface area contributed by atoms with Crippen molar-refractivity contribution in [2.24, 2.45) is 11.5 Å². The molecule has 0 aliphatic carbocycles. The first kappa shape index (κ1) is 11.2. The third-order valence-corrected chi connectivity index (χ3v) is 2.22. The monoisotopic (exact) mass is 194 g/mol. The molecule has 1 aromatic carbocycles. The predicted molar refractivity (Wildman–Crippen MR) is 58.0 cm³/mol. The van der Waals surface area contributed by atoms with Crippen molar-refractivity contribution in [3.8, 4) is 0 Å². The summed E-state index contributed by atoms with van der Waals surface area (Å²) in [5.41, 5.74) is 13.0. The number of ether oxygens (including phenoxy) is 1. The Balaban J connectivity index is 2.44. The van der Waals surface area contributed by atoms with E-state index < -0.39 is 0 Å². The van der Waals surface area contributed by atoms with Gasteiger partial charge in [-0.3, -0.25) is 0 Å². The summed E-state index contributed by atoms with van der Waals surface area (Å²) >= 11 is 0. The summed E-state index contributed by atoms with van der Waals surface area (Å²) in [7, 11) is 1.63. The molecule has 78 valence electrons. The van der Waals surface area contributed by atoms with Gasteiger partial charge in [-0.25, -0.2) is 0 Å². The molecule has 3 heteroatoms. The Bertz CT molecular complexity index is 251. The van der Waals surface area contributed by atoms with Crippen molar-refractivity contribution >= 4 is 0 Å². The maximum Gasteiger partial charge on any atom is 0.0629 e. The molecule has 14 heavy (non-hydrogen) atoms. The van der Waals surface area contributed by atoms with E-state index in [1.165, 1.54) is 5.56 Å². The van der Waals surface area contributed by atoms with E-state index in [-0.39, 0.29) is 12.1 Å². The Morgan fingerprint density at radius 3 is 2.36 bits per heavy atom. The topological polar surface area (TPSA) is 61.3 Å². The van der Waals surface area contributed by atoms with Gasteiger partial charge in [-0.05, 0) is 12.0 Å². The molecule has 1 rings (SSSR count). The highest BCUT2D eigenvalue weighted by Gasteiger charge is 2.12. The molecule has 4 N–H and O–H groups in total. The Labute approximate surface area is 85.0 Å². The van der Waals surface area contributed by atoms with Gasteiger partial charge in [0.25, 0.3) is 0 Å². The number of benzene rings is 1. The molecule has 0 radical (unpaired) electrons. The Morgan fingerprint density at radius 1 is 1.14 bits per heavy atom. The molecule has 1 unspecified atom stereocenters.